The van der Waals surface area contributed by atoms with Crippen LogP contribution in [0.3, 0.4) is 0 Å². The zero-order valence-corrected chi connectivity index (χ0v) is 19.4. The van der Waals surface area contributed by atoms with Crippen LogP contribution in [0.25, 0.3) is 11.0 Å². The van der Waals surface area contributed by atoms with E-state index in [1.165, 1.54) is 5.56 Å². The van der Waals surface area contributed by atoms with Gasteiger partial charge in [0.05, 0.1) is 32.5 Å². The van der Waals surface area contributed by atoms with Crippen LogP contribution < -0.4 is 21.1 Å². The number of hydrogen-bond acceptors (Lipinski definition) is 8. The van der Waals surface area contributed by atoms with Crippen molar-refractivity contribution in [2.24, 2.45) is 0 Å². The molecular formula is C23H35N7O2. The maximum absolute atomic E-state index is 9.65. The first-order valence-corrected chi connectivity index (χ1v) is 11.3. The molecule has 3 aromatic rings. The van der Waals surface area contributed by atoms with Gasteiger partial charge in [0.2, 0.25) is 5.95 Å². The number of nitrogens with one attached hydrogen (secondary N) is 2. The summed E-state index contributed by atoms with van der Waals surface area (Å²) in [6, 6.07) is 6.41. The van der Waals surface area contributed by atoms with Gasteiger partial charge in [-0.3, -0.25) is 4.68 Å². The van der Waals surface area contributed by atoms with Crippen LogP contribution in [0.15, 0.2) is 24.4 Å². The molecule has 0 aliphatic rings. The molecule has 0 spiro atoms. The largest absolute Gasteiger partial charge is 0.496 e. The molecule has 0 bridgehead atoms. The van der Waals surface area contributed by atoms with E-state index in [0.717, 1.165) is 37.1 Å². The van der Waals surface area contributed by atoms with E-state index in [1.54, 1.807) is 7.11 Å². The van der Waals surface area contributed by atoms with Gasteiger partial charge >= 0.3 is 0 Å². The van der Waals surface area contributed by atoms with E-state index < -0.39 is 0 Å². The molecular weight excluding hydrogens is 406 g/mol. The number of aromatic nitrogens is 4. The van der Waals surface area contributed by atoms with Crippen molar-refractivity contribution in [1.29, 1.82) is 0 Å². The Morgan fingerprint density at radius 2 is 2.03 bits per heavy atom. The molecule has 0 saturated heterocycles. The monoisotopic (exact) mass is 441 g/mol. The number of benzene rings is 1. The van der Waals surface area contributed by atoms with Gasteiger partial charge in [0.1, 0.15) is 11.3 Å². The van der Waals surface area contributed by atoms with Crippen molar-refractivity contribution < 1.29 is 9.84 Å². The van der Waals surface area contributed by atoms with Gasteiger partial charge in [-0.2, -0.15) is 10.1 Å². The summed E-state index contributed by atoms with van der Waals surface area (Å²) in [5.74, 6) is 1.53. The van der Waals surface area contributed by atoms with Crippen molar-refractivity contribution in [2.45, 2.75) is 58.7 Å². The van der Waals surface area contributed by atoms with Crippen LogP contribution in [0.2, 0.25) is 0 Å². The Labute approximate surface area is 189 Å². The lowest BCUT2D eigenvalue weighted by molar-refractivity contribution is 0.268. The van der Waals surface area contributed by atoms with Gasteiger partial charge < -0.3 is 26.2 Å². The number of fused-ring (bicyclic) bond motifs is 1. The number of nitrogen functional groups attached to an aromatic ring is 1. The summed E-state index contributed by atoms with van der Waals surface area (Å²) in [5, 5.41) is 21.1. The number of aliphatic hydroxyl groups excluding tert-OH is 1. The second kappa shape index (κ2) is 11.1. The number of rotatable bonds is 12. The lowest BCUT2D eigenvalue weighted by Crippen LogP contribution is -2.24. The Bertz CT molecular complexity index is 1020. The smallest absolute Gasteiger partial charge is 0.222 e. The minimum Gasteiger partial charge on any atom is -0.496 e. The van der Waals surface area contributed by atoms with E-state index >= 15 is 0 Å². The third kappa shape index (κ3) is 5.66. The molecule has 174 valence electrons. The first-order chi connectivity index (χ1) is 15.5. The number of nitrogens with zero attached hydrogens (tertiary/aromatic N) is 4. The fourth-order valence-corrected chi connectivity index (χ4v) is 3.72. The molecule has 1 unspecified atom stereocenters. The fraction of sp³-hybridized carbons (Fsp3) is 0.522. The highest BCUT2D eigenvalue weighted by atomic mass is 16.5. The molecule has 1 aromatic carbocycles. The standard InChI is InChI=1S/C23H35N7O2/c1-5-7-18(14-31)26-22-21-19(27-23(24)28-22)13-30(29-21)12-17-9-8-16(11-20(17)32-4)15(3)25-10-6-2/h8-9,11,13,15,18,25,31H,5-7,10,12,14H2,1-4H3,(H3,24,26,27,28)/t15?,18-/m0/s1. The lowest BCUT2D eigenvalue weighted by Gasteiger charge is -2.17. The highest BCUT2D eigenvalue weighted by molar-refractivity contribution is 5.85. The first-order valence-electron chi connectivity index (χ1n) is 11.3. The van der Waals surface area contributed by atoms with Crippen molar-refractivity contribution in [3.63, 3.8) is 0 Å². The third-order valence-electron chi connectivity index (χ3n) is 5.47. The second-order valence-electron chi connectivity index (χ2n) is 8.05. The summed E-state index contributed by atoms with van der Waals surface area (Å²) in [4.78, 5) is 8.65. The van der Waals surface area contributed by atoms with E-state index in [-0.39, 0.29) is 24.6 Å². The topological polar surface area (TPSA) is 123 Å². The van der Waals surface area contributed by atoms with Gasteiger partial charge in [-0.1, -0.05) is 32.4 Å². The maximum Gasteiger partial charge on any atom is 0.222 e. The average molecular weight is 442 g/mol. The molecule has 32 heavy (non-hydrogen) atoms. The molecule has 0 saturated carbocycles. The van der Waals surface area contributed by atoms with Crippen LogP contribution >= 0.6 is 0 Å². The minimum absolute atomic E-state index is 0.00896. The number of nitrogens with two attached hydrogens (primary N) is 1. The quantitative estimate of drug-likeness (QED) is 0.338. The predicted octanol–water partition coefficient (Wildman–Crippen LogP) is 3.10. The molecule has 0 amide bonds. The van der Waals surface area contributed by atoms with Crippen LogP contribution in [0, 0.1) is 0 Å². The lowest BCUT2D eigenvalue weighted by atomic mass is 10.0. The van der Waals surface area contributed by atoms with Crippen LogP contribution in [-0.2, 0) is 6.54 Å². The van der Waals surface area contributed by atoms with Crippen molar-refractivity contribution in [3.05, 3.63) is 35.5 Å². The van der Waals surface area contributed by atoms with Crippen LogP contribution in [0.5, 0.6) is 5.75 Å². The summed E-state index contributed by atoms with van der Waals surface area (Å²) in [6.45, 7) is 7.89. The number of hydrogen-bond donors (Lipinski definition) is 4. The van der Waals surface area contributed by atoms with Gasteiger partial charge in [0, 0.05) is 11.6 Å². The summed E-state index contributed by atoms with van der Waals surface area (Å²) in [6.07, 6.45) is 4.70. The summed E-state index contributed by atoms with van der Waals surface area (Å²) in [5.41, 5.74) is 9.39. The fourth-order valence-electron chi connectivity index (χ4n) is 3.72. The highest BCUT2D eigenvalue weighted by Crippen LogP contribution is 2.26. The maximum atomic E-state index is 9.65. The Hall–Kier alpha value is -2.91. The normalized spacial score (nSPS) is 13.3. The third-order valence-corrected chi connectivity index (χ3v) is 5.47. The molecule has 0 fully saturated rings. The second-order valence-corrected chi connectivity index (χ2v) is 8.05. The molecule has 9 heteroatoms. The zero-order chi connectivity index (χ0) is 23.1. The molecule has 9 nitrogen and oxygen atoms in total. The Kier molecular flexibility index (Phi) is 8.24. The molecule has 3 rings (SSSR count). The average Bonchev–Trinajstić information content (AvgIpc) is 3.19. The van der Waals surface area contributed by atoms with Gasteiger partial charge in [0.25, 0.3) is 0 Å². The number of methoxy groups -OCH3 is 1. The molecule has 2 aromatic heterocycles. The van der Waals surface area contributed by atoms with Gasteiger partial charge in [-0.15, -0.1) is 0 Å². The van der Waals surface area contributed by atoms with Gasteiger partial charge in [0.15, 0.2) is 11.3 Å². The van der Waals surface area contributed by atoms with Crippen molar-refractivity contribution in [2.75, 3.05) is 31.3 Å². The Morgan fingerprint density at radius 1 is 1.22 bits per heavy atom. The SMILES string of the molecule is CCCNC(C)c1ccc(Cn2cc3nc(N)nc(N[C@H](CO)CCC)c3n2)c(OC)c1. The summed E-state index contributed by atoms with van der Waals surface area (Å²) < 4.78 is 7.48. The minimum atomic E-state index is -0.112. The summed E-state index contributed by atoms with van der Waals surface area (Å²) >= 11 is 0. The van der Waals surface area contributed by atoms with Gasteiger partial charge in [-0.25, -0.2) is 4.98 Å². The molecule has 5 N–H and O–H groups in total. The molecule has 0 aliphatic carbocycles. The van der Waals surface area contributed by atoms with E-state index in [0.29, 0.717) is 23.4 Å². The number of anilines is 2. The van der Waals surface area contributed by atoms with Crippen LogP contribution in [-0.4, -0.2) is 51.2 Å². The Balaban J connectivity index is 1.86. The number of aliphatic hydroxyl groups is 1. The summed E-state index contributed by atoms with van der Waals surface area (Å²) in [7, 11) is 1.68. The first kappa shape index (κ1) is 23.7. The molecule has 0 aliphatic heterocycles. The molecule has 2 heterocycles. The number of ether oxygens (including phenoxy) is 1. The van der Waals surface area contributed by atoms with Crippen LogP contribution in [0.1, 0.15) is 57.2 Å². The van der Waals surface area contributed by atoms with Crippen molar-refractivity contribution in [1.82, 2.24) is 25.1 Å². The van der Waals surface area contributed by atoms with E-state index in [4.69, 9.17) is 15.6 Å². The van der Waals surface area contributed by atoms with E-state index in [9.17, 15) is 5.11 Å². The van der Waals surface area contributed by atoms with E-state index in [1.807, 2.05) is 10.9 Å². The van der Waals surface area contributed by atoms with Gasteiger partial charge in [-0.05, 0) is 37.9 Å². The zero-order valence-electron chi connectivity index (χ0n) is 19.4. The van der Waals surface area contributed by atoms with E-state index in [2.05, 4.69) is 59.6 Å². The molecule has 0 radical (unpaired) electrons. The van der Waals surface area contributed by atoms with Crippen LogP contribution in [0.4, 0.5) is 11.8 Å². The molecule has 2 atom stereocenters. The highest BCUT2D eigenvalue weighted by Gasteiger charge is 2.16. The Morgan fingerprint density at radius 3 is 2.72 bits per heavy atom. The van der Waals surface area contributed by atoms with Crippen molar-refractivity contribution in [3.8, 4) is 5.75 Å². The predicted molar refractivity (Wildman–Crippen MR) is 128 cm³/mol. The van der Waals surface area contributed by atoms with Crippen molar-refractivity contribution >= 4 is 22.8 Å².